The van der Waals surface area contributed by atoms with Crippen molar-refractivity contribution in [3.63, 3.8) is 0 Å². The zero-order valence-electron chi connectivity index (χ0n) is 16.3. The predicted molar refractivity (Wildman–Crippen MR) is 104 cm³/mol. The van der Waals surface area contributed by atoms with Crippen molar-refractivity contribution < 1.29 is 14.0 Å². The molecule has 1 fully saturated rings. The van der Waals surface area contributed by atoms with Gasteiger partial charge in [0.15, 0.2) is 0 Å². The molecule has 0 saturated carbocycles. The van der Waals surface area contributed by atoms with Crippen molar-refractivity contribution in [2.24, 2.45) is 5.92 Å². The fourth-order valence-electron chi connectivity index (χ4n) is 3.35. The van der Waals surface area contributed by atoms with E-state index >= 15 is 0 Å². The Labute approximate surface area is 160 Å². The number of carbonyl (C=O) groups excluding carboxylic acids is 2. The monoisotopic (exact) mass is 378 g/mol. The van der Waals surface area contributed by atoms with Gasteiger partial charge in [-0.05, 0) is 76.5 Å². The van der Waals surface area contributed by atoms with Gasteiger partial charge in [-0.15, -0.1) is 0 Å². The highest BCUT2D eigenvalue weighted by Gasteiger charge is 2.20. The normalized spacial score (nSPS) is 16.7. The molecule has 2 amide bonds. The van der Waals surface area contributed by atoms with Crippen LogP contribution in [0.1, 0.15) is 37.8 Å². The molecule has 27 heavy (non-hydrogen) atoms. The molecule has 1 aromatic carbocycles. The van der Waals surface area contributed by atoms with E-state index in [1.165, 1.54) is 18.6 Å². The maximum absolute atomic E-state index is 12.9. The maximum atomic E-state index is 12.9. The second kappa shape index (κ2) is 11.0. The minimum atomic E-state index is -0.310. The van der Waals surface area contributed by atoms with E-state index in [9.17, 15) is 14.0 Å². The van der Waals surface area contributed by atoms with Gasteiger partial charge in [0.1, 0.15) is 5.82 Å². The molecule has 2 rings (SSSR count). The van der Waals surface area contributed by atoms with E-state index in [1.54, 1.807) is 12.1 Å². The summed E-state index contributed by atoms with van der Waals surface area (Å²) in [6, 6.07) is 5.76. The van der Waals surface area contributed by atoms with Crippen LogP contribution in [-0.4, -0.2) is 56.5 Å². The molecule has 150 valence electrons. The van der Waals surface area contributed by atoms with Gasteiger partial charge in [-0.25, -0.2) is 4.39 Å². The molecular weight excluding hydrogens is 347 g/mol. The number of benzene rings is 1. The Morgan fingerprint density at radius 3 is 2.48 bits per heavy atom. The fourth-order valence-corrected chi connectivity index (χ4v) is 3.35. The van der Waals surface area contributed by atoms with E-state index in [-0.39, 0.29) is 30.2 Å². The highest BCUT2D eigenvalue weighted by atomic mass is 19.1. The average Bonchev–Trinajstić information content (AvgIpc) is 2.66. The average molecular weight is 378 g/mol. The number of hydrogen-bond donors (Lipinski definition) is 3. The lowest BCUT2D eigenvalue weighted by molar-refractivity contribution is -0.127. The van der Waals surface area contributed by atoms with Crippen molar-refractivity contribution in [1.29, 1.82) is 0 Å². The second-order valence-electron chi connectivity index (χ2n) is 7.23. The molecule has 1 heterocycles. The minimum Gasteiger partial charge on any atom is -0.348 e. The molecule has 1 aromatic rings. The van der Waals surface area contributed by atoms with Crippen LogP contribution in [0.2, 0.25) is 0 Å². The molecule has 3 N–H and O–H groups in total. The lowest BCUT2D eigenvalue weighted by atomic mass is 9.93. The van der Waals surface area contributed by atoms with Gasteiger partial charge < -0.3 is 16.0 Å². The van der Waals surface area contributed by atoms with Crippen LogP contribution in [0.5, 0.6) is 0 Å². The molecule has 1 atom stereocenters. The zero-order valence-corrected chi connectivity index (χ0v) is 16.3. The van der Waals surface area contributed by atoms with Crippen LogP contribution in [-0.2, 0) is 9.59 Å². The Kier molecular flexibility index (Phi) is 8.67. The first-order valence-corrected chi connectivity index (χ1v) is 9.66. The van der Waals surface area contributed by atoms with Gasteiger partial charge in [0.25, 0.3) is 0 Å². The number of hydrogen-bond acceptors (Lipinski definition) is 4. The van der Waals surface area contributed by atoms with E-state index < -0.39 is 0 Å². The van der Waals surface area contributed by atoms with Crippen LogP contribution in [0.15, 0.2) is 24.3 Å². The molecule has 7 heteroatoms. The SMILES string of the molecule is CNCCC1CCN(CC(=O)NCC(=O)NC(C)c2ccc(F)cc2)CC1. The highest BCUT2D eigenvalue weighted by Crippen LogP contribution is 2.19. The first kappa shape index (κ1) is 21.3. The molecule has 0 bridgehead atoms. The Morgan fingerprint density at radius 1 is 1.19 bits per heavy atom. The molecule has 1 saturated heterocycles. The Balaban J connectivity index is 1.63. The largest absolute Gasteiger partial charge is 0.348 e. The fraction of sp³-hybridized carbons (Fsp3) is 0.600. The molecule has 0 spiro atoms. The number of amides is 2. The first-order valence-electron chi connectivity index (χ1n) is 9.66. The van der Waals surface area contributed by atoms with Crippen molar-refractivity contribution in [2.75, 3.05) is 39.8 Å². The molecule has 1 aliphatic rings. The van der Waals surface area contributed by atoms with Crippen molar-refractivity contribution in [2.45, 2.75) is 32.2 Å². The van der Waals surface area contributed by atoms with Crippen molar-refractivity contribution in [1.82, 2.24) is 20.9 Å². The van der Waals surface area contributed by atoms with E-state index in [2.05, 4.69) is 20.9 Å². The van der Waals surface area contributed by atoms with E-state index in [4.69, 9.17) is 0 Å². The molecule has 6 nitrogen and oxygen atoms in total. The van der Waals surface area contributed by atoms with Gasteiger partial charge in [-0.1, -0.05) is 12.1 Å². The van der Waals surface area contributed by atoms with Gasteiger partial charge in [-0.3, -0.25) is 14.5 Å². The second-order valence-corrected chi connectivity index (χ2v) is 7.23. The van der Waals surface area contributed by atoms with Crippen molar-refractivity contribution in [3.05, 3.63) is 35.6 Å². The van der Waals surface area contributed by atoms with Gasteiger partial charge >= 0.3 is 0 Å². The first-order chi connectivity index (χ1) is 13.0. The lowest BCUT2D eigenvalue weighted by Crippen LogP contribution is -2.44. The van der Waals surface area contributed by atoms with Crippen LogP contribution >= 0.6 is 0 Å². The number of piperidine rings is 1. The van der Waals surface area contributed by atoms with E-state index in [0.717, 1.165) is 44.0 Å². The Hall–Kier alpha value is -1.99. The van der Waals surface area contributed by atoms with Crippen LogP contribution in [0.4, 0.5) is 4.39 Å². The smallest absolute Gasteiger partial charge is 0.239 e. The van der Waals surface area contributed by atoms with Crippen LogP contribution in [0.3, 0.4) is 0 Å². The summed E-state index contributed by atoms with van der Waals surface area (Å²) in [6.07, 6.45) is 3.41. The number of carbonyl (C=O) groups is 2. The van der Waals surface area contributed by atoms with E-state index in [1.807, 2.05) is 14.0 Å². The summed E-state index contributed by atoms with van der Waals surface area (Å²) in [7, 11) is 1.97. The lowest BCUT2D eigenvalue weighted by Gasteiger charge is -2.31. The number of nitrogens with zero attached hydrogens (tertiary/aromatic N) is 1. The maximum Gasteiger partial charge on any atom is 0.239 e. The van der Waals surface area contributed by atoms with E-state index in [0.29, 0.717) is 6.54 Å². The number of halogens is 1. The summed E-state index contributed by atoms with van der Waals surface area (Å²) in [6.45, 7) is 5.00. The van der Waals surface area contributed by atoms with Crippen LogP contribution < -0.4 is 16.0 Å². The zero-order chi connectivity index (χ0) is 19.6. The van der Waals surface area contributed by atoms with Gasteiger partial charge in [0, 0.05) is 0 Å². The summed E-state index contributed by atoms with van der Waals surface area (Å²) in [5.74, 6) is 0.0327. The highest BCUT2D eigenvalue weighted by molar-refractivity contribution is 5.85. The third-order valence-corrected chi connectivity index (χ3v) is 5.07. The summed E-state index contributed by atoms with van der Waals surface area (Å²) >= 11 is 0. The van der Waals surface area contributed by atoms with Crippen LogP contribution in [0.25, 0.3) is 0 Å². The van der Waals surface area contributed by atoms with Crippen LogP contribution in [0, 0.1) is 11.7 Å². The Bertz CT molecular complexity index is 601. The Morgan fingerprint density at radius 2 is 1.85 bits per heavy atom. The molecule has 1 aliphatic heterocycles. The quantitative estimate of drug-likeness (QED) is 0.608. The van der Waals surface area contributed by atoms with Gasteiger partial charge in [-0.2, -0.15) is 0 Å². The molecule has 0 aliphatic carbocycles. The third-order valence-electron chi connectivity index (χ3n) is 5.07. The molecule has 0 aromatic heterocycles. The number of likely N-dealkylation sites (tertiary alicyclic amines) is 1. The van der Waals surface area contributed by atoms with Gasteiger partial charge in [0.2, 0.25) is 11.8 Å². The summed E-state index contributed by atoms with van der Waals surface area (Å²) in [5, 5.41) is 8.66. The van der Waals surface area contributed by atoms with Crippen molar-refractivity contribution >= 4 is 11.8 Å². The topological polar surface area (TPSA) is 73.5 Å². The standard InChI is InChI=1S/C20H31FN4O2/c1-15(17-3-5-18(21)6-4-17)24-19(26)13-23-20(27)14-25-11-8-16(9-12-25)7-10-22-2/h3-6,15-16,22H,7-14H2,1-2H3,(H,23,27)(H,24,26). The third kappa shape index (κ3) is 7.64. The minimum absolute atomic E-state index is 0.0526. The summed E-state index contributed by atoms with van der Waals surface area (Å²) in [5.41, 5.74) is 0.817. The van der Waals surface area contributed by atoms with Crippen molar-refractivity contribution in [3.8, 4) is 0 Å². The van der Waals surface area contributed by atoms with Gasteiger partial charge in [0.05, 0.1) is 19.1 Å². The summed E-state index contributed by atoms with van der Waals surface area (Å²) in [4.78, 5) is 26.2. The molecular formula is C20H31FN4O2. The molecule has 1 unspecified atom stereocenters. The summed E-state index contributed by atoms with van der Waals surface area (Å²) < 4.78 is 12.9. The molecule has 0 radical (unpaired) electrons. The predicted octanol–water partition coefficient (Wildman–Crippen LogP) is 1.44. The number of rotatable bonds is 9. The number of nitrogens with one attached hydrogen (secondary N) is 3.